The predicted molar refractivity (Wildman–Crippen MR) is 71.7 cm³/mol. The van der Waals surface area contributed by atoms with Crippen LogP contribution in [0, 0.1) is 5.92 Å². The molecule has 1 rings (SSSR count). The van der Waals surface area contributed by atoms with Gasteiger partial charge < -0.3 is 10.6 Å². The number of carbonyl (C=O) groups excluding carboxylic acids is 1. The molecule has 1 aliphatic rings. The topological polar surface area (TPSA) is 46.3 Å². The monoisotopic (exact) mass is 240 g/mol. The van der Waals surface area contributed by atoms with Crippen molar-refractivity contribution in [2.75, 3.05) is 6.54 Å². The number of likely N-dealkylation sites (N-methyl/N-ethyl adjacent to an activating group) is 1. The van der Waals surface area contributed by atoms with E-state index in [9.17, 15) is 4.79 Å². The van der Waals surface area contributed by atoms with Crippen molar-refractivity contribution in [1.29, 1.82) is 0 Å². The summed E-state index contributed by atoms with van der Waals surface area (Å²) in [4.78, 5) is 14.3. The zero-order valence-corrected chi connectivity index (χ0v) is 11.6. The highest BCUT2D eigenvalue weighted by Gasteiger charge is 2.27. The zero-order chi connectivity index (χ0) is 12.8. The molecule has 0 radical (unpaired) electrons. The Morgan fingerprint density at radius 1 is 1.29 bits per heavy atom. The molecule has 0 bridgehead atoms. The van der Waals surface area contributed by atoms with Crippen molar-refractivity contribution < 1.29 is 4.79 Å². The minimum atomic E-state index is -0.308. The number of nitrogens with zero attached hydrogens (tertiary/aromatic N) is 1. The molecular weight excluding hydrogens is 212 g/mol. The van der Waals surface area contributed by atoms with Crippen LogP contribution in [-0.4, -0.2) is 29.4 Å². The molecule has 0 heterocycles. The average molecular weight is 240 g/mol. The predicted octanol–water partition coefficient (Wildman–Crippen LogP) is 2.54. The van der Waals surface area contributed by atoms with Crippen molar-refractivity contribution in [3.63, 3.8) is 0 Å². The summed E-state index contributed by atoms with van der Waals surface area (Å²) in [6.07, 6.45) is 6.95. The Labute approximate surface area is 106 Å². The van der Waals surface area contributed by atoms with Gasteiger partial charge in [-0.3, -0.25) is 4.79 Å². The standard InChI is InChI=1S/C14H28N2O/c1-4-16(12-8-6-5-7-9-12)14(17)13(15)10-11(2)3/h11-13H,4-10,15H2,1-3H3/t13-/m0/s1. The molecule has 1 fully saturated rings. The Morgan fingerprint density at radius 2 is 1.88 bits per heavy atom. The van der Waals surface area contributed by atoms with Crippen LogP contribution in [0.3, 0.4) is 0 Å². The van der Waals surface area contributed by atoms with Gasteiger partial charge in [0.05, 0.1) is 6.04 Å². The molecule has 1 aliphatic carbocycles. The molecule has 3 heteroatoms. The van der Waals surface area contributed by atoms with Crippen LogP contribution in [-0.2, 0) is 4.79 Å². The van der Waals surface area contributed by atoms with E-state index in [0.29, 0.717) is 12.0 Å². The fourth-order valence-corrected chi connectivity index (χ4v) is 2.81. The molecule has 2 N–H and O–H groups in total. The summed E-state index contributed by atoms with van der Waals surface area (Å²) in [5.74, 6) is 0.645. The first-order valence-corrected chi connectivity index (χ1v) is 7.12. The molecule has 0 saturated heterocycles. The molecular formula is C14H28N2O. The van der Waals surface area contributed by atoms with Gasteiger partial charge in [0.15, 0.2) is 0 Å². The Morgan fingerprint density at radius 3 is 2.35 bits per heavy atom. The third kappa shape index (κ3) is 4.30. The van der Waals surface area contributed by atoms with Crippen LogP contribution in [0.25, 0.3) is 0 Å². The first kappa shape index (κ1) is 14.5. The molecule has 1 atom stereocenters. The van der Waals surface area contributed by atoms with Crippen molar-refractivity contribution in [1.82, 2.24) is 4.90 Å². The van der Waals surface area contributed by atoms with E-state index in [1.54, 1.807) is 0 Å². The van der Waals surface area contributed by atoms with Crippen LogP contribution in [0.4, 0.5) is 0 Å². The molecule has 0 spiro atoms. The van der Waals surface area contributed by atoms with Gasteiger partial charge in [-0.25, -0.2) is 0 Å². The molecule has 1 amide bonds. The van der Waals surface area contributed by atoms with E-state index in [0.717, 1.165) is 25.8 Å². The number of amides is 1. The lowest BCUT2D eigenvalue weighted by molar-refractivity contribution is -0.135. The van der Waals surface area contributed by atoms with E-state index in [2.05, 4.69) is 20.8 Å². The van der Waals surface area contributed by atoms with Gasteiger partial charge >= 0.3 is 0 Å². The molecule has 3 nitrogen and oxygen atoms in total. The van der Waals surface area contributed by atoms with Gasteiger partial charge in [-0.15, -0.1) is 0 Å². The van der Waals surface area contributed by atoms with Gasteiger partial charge in [0, 0.05) is 12.6 Å². The second-order valence-electron chi connectivity index (χ2n) is 5.65. The molecule has 0 unspecified atom stereocenters. The van der Waals surface area contributed by atoms with Crippen LogP contribution < -0.4 is 5.73 Å². The first-order valence-electron chi connectivity index (χ1n) is 7.12. The maximum Gasteiger partial charge on any atom is 0.239 e. The van der Waals surface area contributed by atoms with Gasteiger partial charge in [-0.2, -0.15) is 0 Å². The van der Waals surface area contributed by atoms with Crippen LogP contribution >= 0.6 is 0 Å². The highest BCUT2D eigenvalue weighted by molar-refractivity contribution is 5.81. The van der Waals surface area contributed by atoms with E-state index in [1.807, 2.05) is 4.90 Å². The quantitative estimate of drug-likeness (QED) is 0.802. The van der Waals surface area contributed by atoms with E-state index >= 15 is 0 Å². The van der Waals surface area contributed by atoms with E-state index in [1.165, 1.54) is 19.3 Å². The van der Waals surface area contributed by atoms with Crippen LogP contribution in [0.5, 0.6) is 0 Å². The maximum atomic E-state index is 12.3. The number of rotatable bonds is 5. The highest BCUT2D eigenvalue weighted by atomic mass is 16.2. The second-order valence-corrected chi connectivity index (χ2v) is 5.65. The van der Waals surface area contributed by atoms with Crippen LogP contribution in [0.15, 0.2) is 0 Å². The molecule has 100 valence electrons. The molecule has 0 aromatic heterocycles. The average Bonchev–Trinajstić information content (AvgIpc) is 2.30. The number of hydrogen-bond acceptors (Lipinski definition) is 2. The lowest BCUT2D eigenvalue weighted by Gasteiger charge is -2.35. The number of hydrogen-bond donors (Lipinski definition) is 1. The van der Waals surface area contributed by atoms with E-state index in [-0.39, 0.29) is 11.9 Å². The van der Waals surface area contributed by atoms with Crippen molar-refractivity contribution in [3.05, 3.63) is 0 Å². The van der Waals surface area contributed by atoms with Crippen LogP contribution in [0.2, 0.25) is 0 Å². The SMILES string of the molecule is CCN(C(=O)[C@@H](N)CC(C)C)C1CCCCC1. The summed E-state index contributed by atoms with van der Waals surface area (Å²) >= 11 is 0. The van der Waals surface area contributed by atoms with E-state index < -0.39 is 0 Å². The van der Waals surface area contributed by atoms with Crippen molar-refractivity contribution in [3.8, 4) is 0 Å². The fraction of sp³-hybridized carbons (Fsp3) is 0.929. The van der Waals surface area contributed by atoms with Gasteiger partial charge in [-0.1, -0.05) is 33.1 Å². The largest absolute Gasteiger partial charge is 0.339 e. The minimum Gasteiger partial charge on any atom is -0.339 e. The summed E-state index contributed by atoms with van der Waals surface area (Å²) < 4.78 is 0. The van der Waals surface area contributed by atoms with Crippen molar-refractivity contribution in [2.24, 2.45) is 11.7 Å². The van der Waals surface area contributed by atoms with Gasteiger partial charge in [-0.05, 0) is 32.1 Å². The smallest absolute Gasteiger partial charge is 0.239 e. The summed E-state index contributed by atoms with van der Waals surface area (Å²) in [5.41, 5.74) is 6.01. The Kier molecular flexibility index (Phi) is 5.96. The zero-order valence-electron chi connectivity index (χ0n) is 11.6. The van der Waals surface area contributed by atoms with Gasteiger partial charge in [0.25, 0.3) is 0 Å². The fourth-order valence-electron chi connectivity index (χ4n) is 2.81. The molecule has 1 saturated carbocycles. The summed E-state index contributed by atoms with van der Waals surface area (Å²) in [5, 5.41) is 0. The van der Waals surface area contributed by atoms with E-state index in [4.69, 9.17) is 5.73 Å². The normalized spacial score (nSPS) is 19.4. The molecule has 0 aromatic rings. The highest BCUT2D eigenvalue weighted by Crippen LogP contribution is 2.23. The maximum absolute atomic E-state index is 12.3. The van der Waals surface area contributed by atoms with Gasteiger partial charge in [0.1, 0.15) is 0 Å². The molecule has 0 aliphatic heterocycles. The summed E-state index contributed by atoms with van der Waals surface area (Å²) in [7, 11) is 0. The Bertz CT molecular complexity index is 234. The Balaban J connectivity index is 2.55. The number of nitrogens with two attached hydrogens (primary N) is 1. The Hall–Kier alpha value is -0.570. The number of carbonyl (C=O) groups is 1. The second kappa shape index (κ2) is 7.00. The van der Waals surface area contributed by atoms with Crippen molar-refractivity contribution in [2.45, 2.75) is 71.4 Å². The minimum absolute atomic E-state index is 0.160. The van der Waals surface area contributed by atoms with Gasteiger partial charge in [0.2, 0.25) is 5.91 Å². The molecule has 17 heavy (non-hydrogen) atoms. The first-order chi connectivity index (χ1) is 8.06. The summed E-state index contributed by atoms with van der Waals surface area (Å²) in [6.45, 7) is 7.10. The third-order valence-corrected chi connectivity index (χ3v) is 3.68. The van der Waals surface area contributed by atoms with Crippen molar-refractivity contribution >= 4 is 5.91 Å². The lowest BCUT2D eigenvalue weighted by Crippen LogP contribution is -2.49. The van der Waals surface area contributed by atoms with Crippen LogP contribution in [0.1, 0.15) is 59.3 Å². The molecule has 0 aromatic carbocycles. The third-order valence-electron chi connectivity index (χ3n) is 3.68. The lowest BCUT2D eigenvalue weighted by atomic mass is 9.93. The summed E-state index contributed by atoms with van der Waals surface area (Å²) in [6, 6.07) is 0.135.